The van der Waals surface area contributed by atoms with Gasteiger partial charge < -0.3 is 14.7 Å². The molecule has 2 amide bonds. The molecular formula is C19H19N5O2. The maximum absolute atomic E-state index is 12.7. The van der Waals surface area contributed by atoms with Crippen LogP contribution in [-0.4, -0.2) is 32.6 Å². The van der Waals surface area contributed by atoms with Gasteiger partial charge in [0, 0.05) is 30.2 Å². The molecule has 1 saturated heterocycles. The maximum atomic E-state index is 12.7. The number of carbonyl (C=O) groups excluding carboxylic acids is 1. The summed E-state index contributed by atoms with van der Waals surface area (Å²) in [5.74, 6) is 1.02. The number of anilines is 1. The van der Waals surface area contributed by atoms with Crippen LogP contribution in [0, 0.1) is 0 Å². The van der Waals surface area contributed by atoms with Gasteiger partial charge in [-0.1, -0.05) is 35.5 Å². The Morgan fingerprint density at radius 2 is 1.92 bits per heavy atom. The summed E-state index contributed by atoms with van der Waals surface area (Å²) in [6.45, 7) is 0.657. The molecule has 0 saturated carbocycles. The number of nitrogens with one attached hydrogen (secondary N) is 1. The molecule has 3 aromatic rings. The zero-order valence-electron chi connectivity index (χ0n) is 14.2. The number of urea groups is 1. The third-order valence-corrected chi connectivity index (χ3v) is 4.45. The van der Waals surface area contributed by atoms with Crippen molar-refractivity contribution in [3.8, 4) is 11.4 Å². The highest BCUT2D eigenvalue weighted by atomic mass is 16.5. The Labute approximate surface area is 151 Å². The number of piperidine rings is 1. The van der Waals surface area contributed by atoms with E-state index in [0.29, 0.717) is 23.9 Å². The van der Waals surface area contributed by atoms with Crippen LogP contribution in [0.25, 0.3) is 11.4 Å². The van der Waals surface area contributed by atoms with E-state index >= 15 is 0 Å². The number of aromatic nitrogens is 3. The Morgan fingerprint density at radius 3 is 2.73 bits per heavy atom. The van der Waals surface area contributed by atoms with Crippen molar-refractivity contribution in [3.05, 3.63) is 60.7 Å². The molecule has 1 aliphatic rings. The first kappa shape index (κ1) is 16.3. The molecule has 132 valence electrons. The SMILES string of the molecule is O=C(Nc1ccncc1)N1CCCC[C@H]1c1nc(-c2ccccc2)no1. The second kappa shape index (κ2) is 7.35. The van der Waals surface area contributed by atoms with Crippen LogP contribution in [-0.2, 0) is 0 Å². The molecule has 1 aromatic carbocycles. The molecule has 7 heteroatoms. The van der Waals surface area contributed by atoms with Crippen molar-refractivity contribution in [2.24, 2.45) is 0 Å². The van der Waals surface area contributed by atoms with Gasteiger partial charge in [-0.3, -0.25) is 4.98 Å². The molecular weight excluding hydrogens is 330 g/mol. The van der Waals surface area contributed by atoms with Crippen molar-refractivity contribution in [2.45, 2.75) is 25.3 Å². The van der Waals surface area contributed by atoms with Crippen LogP contribution < -0.4 is 5.32 Å². The number of hydrogen-bond acceptors (Lipinski definition) is 5. The van der Waals surface area contributed by atoms with Gasteiger partial charge in [-0.15, -0.1) is 0 Å². The average Bonchev–Trinajstić information content (AvgIpc) is 3.19. The Morgan fingerprint density at radius 1 is 1.12 bits per heavy atom. The van der Waals surface area contributed by atoms with Gasteiger partial charge in [0.1, 0.15) is 6.04 Å². The van der Waals surface area contributed by atoms with Crippen molar-refractivity contribution >= 4 is 11.7 Å². The van der Waals surface area contributed by atoms with E-state index in [4.69, 9.17) is 4.52 Å². The molecule has 26 heavy (non-hydrogen) atoms. The Hall–Kier alpha value is -3.22. The van der Waals surface area contributed by atoms with E-state index in [9.17, 15) is 4.79 Å². The topological polar surface area (TPSA) is 84.2 Å². The summed E-state index contributed by atoms with van der Waals surface area (Å²) in [4.78, 5) is 23.0. The Bertz CT molecular complexity index is 866. The summed E-state index contributed by atoms with van der Waals surface area (Å²) in [5, 5.41) is 6.99. The molecule has 1 atom stereocenters. The van der Waals surface area contributed by atoms with E-state index in [-0.39, 0.29) is 12.1 Å². The fraction of sp³-hybridized carbons (Fsp3) is 0.263. The zero-order valence-corrected chi connectivity index (χ0v) is 14.2. The van der Waals surface area contributed by atoms with Gasteiger partial charge in [-0.2, -0.15) is 4.98 Å². The highest BCUT2D eigenvalue weighted by Gasteiger charge is 2.32. The molecule has 0 spiro atoms. The van der Waals surface area contributed by atoms with E-state index in [1.165, 1.54) is 0 Å². The van der Waals surface area contributed by atoms with Gasteiger partial charge in [-0.25, -0.2) is 4.79 Å². The molecule has 7 nitrogen and oxygen atoms in total. The molecule has 1 fully saturated rings. The summed E-state index contributed by atoms with van der Waals surface area (Å²) in [5.41, 5.74) is 1.61. The van der Waals surface area contributed by atoms with Crippen LogP contribution in [0.3, 0.4) is 0 Å². The lowest BCUT2D eigenvalue weighted by atomic mass is 10.0. The zero-order chi connectivity index (χ0) is 17.8. The first-order chi connectivity index (χ1) is 12.8. The second-order valence-corrected chi connectivity index (χ2v) is 6.19. The van der Waals surface area contributed by atoms with Gasteiger partial charge in [0.25, 0.3) is 0 Å². The van der Waals surface area contributed by atoms with E-state index in [2.05, 4.69) is 20.4 Å². The van der Waals surface area contributed by atoms with Crippen molar-refractivity contribution in [3.63, 3.8) is 0 Å². The lowest BCUT2D eigenvalue weighted by Gasteiger charge is -2.33. The van der Waals surface area contributed by atoms with Crippen molar-refractivity contribution < 1.29 is 9.32 Å². The van der Waals surface area contributed by atoms with Crippen LogP contribution >= 0.6 is 0 Å². The number of carbonyl (C=O) groups is 1. The Balaban J connectivity index is 1.54. The van der Waals surface area contributed by atoms with Gasteiger partial charge in [0.2, 0.25) is 11.7 Å². The minimum Gasteiger partial charge on any atom is -0.337 e. The summed E-state index contributed by atoms with van der Waals surface area (Å²) in [6.07, 6.45) is 6.08. The maximum Gasteiger partial charge on any atom is 0.322 e. The van der Waals surface area contributed by atoms with Crippen LogP contribution in [0.4, 0.5) is 10.5 Å². The largest absolute Gasteiger partial charge is 0.337 e. The molecule has 4 rings (SSSR count). The number of likely N-dealkylation sites (tertiary alicyclic amines) is 1. The number of nitrogens with zero attached hydrogens (tertiary/aromatic N) is 4. The first-order valence-corrected chi connectivity index (χ1v) is 8.68. The standard InChI is InChI=1S/C19H19N5O2/c25-19(21-15-9-11-20-12-10-15)24-13-5-4-8-16(24)18-22-17(23-26-18)14-6-2-1-3-7-14/h1-3,6-7,9-12,16H,4-5,8,13H2,(H,20,21,25)/t16-/m0/s1. The highest BCUT2D eigenvalue weighted by Crippen LogP contribution is 2.31. The van der Waals surface area contributed by atoms with Gasteiger partial charge in [-0.05, 0) is 31.4 Å². The average molecular weight is 349 g/mol. The Kier molecular flexibility index (Phi) is 4.59. The first-order valence-electron chi connectivity index (χ1n) is 8.68. The predicted molar refractivity (Wildman–Crippen MR) is 96.3 cm³/mol. The van der Waals surface area contributed by atoms with Crippen molar-refractivity contribution in [1.29, 1.82) is 0 Å². The molecule has 2 aromatic heterocycles. The van der Waals surface area contributed by atoms with E-state index in [0.717, 1.165) is 24.8 Å². The number of benzene rings is 1. The molecule has 0 aliphatic carbocycles. The third kappa shape index (κ3) is 3.42. The normalized spacial score (nSPS) is 17.1. The predicted octanol–water partition coefficient (Wildman–Crippen LogP) is 3.89. The van der Waals surface area contributed by atoms with Gasteiger partial charge in [0.05, 0.1) is 0 Å². The molecule has 1 aliphatic heterocycles. The van der Waals surface area contributed by atoms with Crippen molar-refractivity contribution in [2.75, 3.05) is 11.9 Å². The monoisotopic (exact) mass is 349 g/mol. The minimum atomic E-state index is -0.212. The number of amides is 2. The smallest absolute Gasteiger partial charge is 0.322 e. The summed E-state index contributed by atoms with van der Waals surface area (Å²) < 4.78 is 5.50. The molecule has 1 N–H and O–H groups in total. The molecule has 0 bridgehead atoms. The summed E-state index contributed by atoms with van der Waals surface area (Å²) >= 11 is 0. The van der Waals surface area contributed by atoms with Crippen LogP contribution in [0.2, 0.25) is 0 Å². The second-order valence-electron chi connectivity index (χ2n) is 6.19. The number of hydrogen-bond donors (Lipinski definition) is 1. The van der Waals surface area contributed by atoms with Crippen LogP contribution in [0.15, 0.2) is 59.4 Å². The number of pyridine rings is 1. The van der Waals surface area contributed by atoms with Gasteiger partial charge in [0.15, 0.2) is 0 Å². The molecule has 0 unspecified atom stereocenters. The quantitative estimate of drug-likeness (QED) is 0.775. The van der Waals surface area contributed by atoms with Crippen molar-refractivity contribution in [1.82, 2.24) is 20.0 Å². The van der Waals surface area contributed by atoms with E-state index in [1.54, 1.807) is 29.4 Å². The number of rotatable bonds is 3. The fourth-order valence-electron chi connectivity index (χ4n) is 3.14. The lowest BCUT2D eigenvalue weighted by Crippen LogP contribution is -2.41. The van der Waals surface area contributed by atoms with Gasteiger partial charge >= 0.3 is 6.03 Å². The highest BCUT2D eigenvalue weighted by molar-refractivity contribution is 5.89. The summed E-state index contributed by atoms with van der Waals surface area (Å²) in [7, 11) is 0. The minimum absolute atomic E-state index is 0.166. The van der Waals surface area contributed by atoms with Crippen LogP contribution in [0.1, 0.15) is 31.2 Å². The van der Waals surface area contributed by atoms with Crippen LogP contribution in [0.5, 0.6) is 0 Å². The molecule has 3 heterocycles. The van der Waals surface area contributed by atoms with E-state index in [1.807, 2.05) is 30.3 Å². The van der Waals surface area contributed by atoms with E-state index < -0.39 is 0 Å². The molecule has 0 radical (unpaired) electrons. The lowest BCUT2D eigenvalue weighted by molar-refractivity contribution is 0.142. The third-order valence-electron chi connectivity index (χ3n) is 4.45. The summed E-state index contributed by atoms with van der Waals surface area (Å²) in [6, 6.07) is 12.8. The fourth-order valence-corrected chi connectivity index (χ4v) is 3.14.